The Bertz CT molecular complexity index is 639. The third-order valence-electron chi connectivity index (χ3n) is 3.89. The van der Waals surface area contributed by atoms with Gasteiger partial charge in [-0.15, -0.1) is 0 Å². The van der Waals surface area contributed by atoms with Gasteiger partial charge in [-0.2, -0.15) is 0 Å². The highest BCUT2D eigenvalue weighted by molar-refractivity contribution is 5.79. The molecule has 0 radical (unpaired) electrons. The van der Waals surface area contributed by atoms with E-state index in [0.29, 0.717) is 25.9 Å². The molecule has 0 bridgehead atoms. The van der Waals surface area contributed by atoms with Crippen molar-refractivity contribution in [2.75, 3.05) is 13.1 Å². The number of carboxylic acids is 1. The van der Waals surface area contributed by atoms with Crippen LogP contribution in [-0.4, -0.2) is 44.9 Å². The van der Waals surface area contributed by atoms with Gasteiger partial charge < -0.3 is 15.0 Å². The lowest BCUT2D eigenvalue weighted by molar-refractivity contribution is -0.152. The number of aromatic nitrogens is 2. The van der Waals surface area contributed by atoms with Gasteiger partial charge in [-0.3, -0.25) is 19.4 Å². The second kappa shape index (κ2) is 5.55. The van der Waals surface area contributed by atoms with Gasteiger partial charge in [0.1, 0.15) is 0 Å². The van der Waals surface area contributed by atoms with Gasteiger partial charge in [0.15, 0.2) is 0 Å². The fourth-order valence-electron chi connectivity index (χ4n) is 2.35. The molecule has 0 atom stereocenters. The van der Waals surface area contributed by atoms with Crippen LogP contribution in [0.2, 0.25) is 0 Å². The highest BCUT2D eigenvalue weighted by Gasteiger charge is 2.37. The lowest BCUT2D eigenvalue weighted by Gasteiger charge is -2.36. The number of carbonyl (C=O) groups excluding carboxylic acids is 1. The first-order chi connectivity index (χ1) is 9.80. The maximum Gasteiger partial charge on any atom is 0.325 e. The lowest BCUT2D eigenvalue weighted by Crippen LogP contribution is -2.45. The number of nitrogens with zero attached hydrogens (tertiary/aromatic N) is 1. The number of hydrogen-bond donors (Lipinski definition) is 3. The van der Waals surface area contributed by atoms with Crippen LogP contribution >= 0.6 is 0 Å². The normalized spacial score (nSPS) is 17.5. The molecular weight excluding hydrogens is 278 g/mol. The number of piperidine rings is 1. The van der Waals surface area contributed by atoms with E-state index < -0.39 is 22.6 Å². The predicted octanol–water partition coefficient (Wildman–Crippen LogP) is -0.681. The highest BCUT2D eigenvalue weighted by atomic mass is 16.4. The molecule has 1 amide bonds. The number of aliphatic carboxylic acids is 1. The predicted molar refractivity (Wildman–Crippen MR) is 72.9 cm³/mol. The fraction of sp³-hybridized carbons (Fsp3) is 0.538. The summed E-state index contributed by atoms with van der Waals surface area (Å²) in [5, 5.41) is 9.14. The molecule has 114 valence electrons. The van der Waals surface area contributed by atoms with Gasteiger partial charge >= 0.3 is 11.7 Å². The summed E-state index contributed by atoms with van der Waals surface area (Å²) in [6.45, 7) is 2.38. The lowest BCUT2D eigenvalue weighted by atomic mass is 9.80. The van der Waals surface area contributed by atoms with E-state index in [1.807, 2.05) is 4.98 Å². The number of carboxylic acid groups (broad SMARTS) is 1. The van der Waals surface area contributed by atoms with Crippen LogP contribution in [0.3, 0.4) is 0 Å². The minimum Gasteiger partial charge on any atom is -0.481 e. The van der Waals surface area contributed by atoms with E-state index in [1.54, 1.807) is 11.8 Å². The van der Waals surface area contributed by atoms with E-state index >= 15 is 0 Å². The second-order valence-electron chi connectivity index (χ2n) is 5.54. The fourth-order valence-corrected chi connectivity index (χ4v) is 2.35. The molecule has 0 unspecified atom stereocenters. The van der Waals surface area contributed by atoms with E-state index in [4.69, 9.17) is 5.11 Å². The van der Waals surface area contributed by atoms with Crippen LogP contribution in [-0.2, 0) is 16.0 Å². The molecule has 8 heteroatoms. The Morgan fingerprint density at radius 3 is 2.43 bits per heavy atom. The first-order valence-corrected chi connectivity index (χ1v) is 6.64. The van der Waals surface area contributed by atoms with Crippen LogP contribution in [0.4, 0.5) is 0 Å². The molecule has 1 saturated heterocycles. The summed E-state index contributed by atoms with van der Waals surface area (Å²) in [5.74, 6) is -1.09. The van der Waals surface area contributed by atoms with Crippen molar-refractivity contribution in [3.63, 3.8) is 0 Å². The van der Waals surface area contributed by atoms with Crippen LogP contribution in [0.5, 0.6) is 0 Å². The van der Waals surface area contributed by atoms with Crippen molar-refractivity contribution >= 4 is 11.9 Å². The van der Waals surface area contributed by atoms with Crippen LogP contribution in [0.15, 0.2) is 15.7 Å². The number of carbonyl (C=O) groups is 2. The molecule has 1 aromatic heterocycles. The number of nitrogens with one attached hydrogen (secondary N) is 2. The van der Waals surface area contributed by atoms with Gasteiger partial charge in [-0.1, -0.05) is 0 Å². The number of rotatable bonds is 3. The van der Waals surface area contributed by atoms with Gasteiger partial charge in [-0.05, 0) is 19.8 Å². The van der Waals surface area contributed by atoms with Crippen molar-refractivity contribution < 1.29 is 14.7 Å². The molecule has 1 aliphatic rings. The number of amides is 1. The van der Waals surface area contributed by atoms with Crippen molar-refractivity contribution in [1.82, 2.24) is 14.9 Å². The monoisotopic (exact) mass is 295 g/mol. The number of aromatic amines is 2. The molecular formula is C13H17N3O5. The summed E-state index contributed by atoms with van der Waals surface area (Å²) < 4.78 is 0. The summed E-state index contributed by atoms with van der Waals surface area (Å²) in [7, 11) is 0. The van der Waals surface area contributed by atoms with Crippen molar-refractivity contribution in [2.45, 2.75) is 26.2 Å². The van der Waals surface area contributed by atoms with E-state index in [2.05, 4.69) is 4.98 Å². The van der Waals surface area contributed by atoms with Crippen molar-refractivity contribution in [3.8, 4) is 0 Å². The standard InChI is InChI=1S/C13H17N3O5/c1-13(11(19)20)2-4-16(5-3-13)10(18)7-8-6-9(17)15-12(21)14-8/h6H,2-5,7H2,1H3,(H,19,20)(H2,14,15,17,21). The highest BCUT2D eigenvalue weighted by Crippen LogP contribution is 2.31. The molecule has 0 aromatic carbocycles. The molecule has 0 aliphatic carbocycles. The van der Waals surface area contributed by atoms with E-state index in [1.165, 1.54) is 6.07 Å². The van der Waals surface area contributed by atoms with Crippen molar-refractivity contribution in [1.29, 1.82) is 0 Å². The third kappa shape index (κ3) is 3.39. The van der Waals surface area contributed by atoms with Gasteiger partial charge in [0, 0.05) is 24.8 Å². The third-order valence-corrected chi connectivity index (χ3v) is 3.89. The Labute approximate surface area is 119 Å². The molecule has 3 N–H and O–H groups in total. The smallest absolute Gasteiger partial charge is 0.325 e. The largest absolute Gasteiger partial charge is 0.481 e. The van der Waals surface area contributed by atoms with Crippen LogP contribution in [0.1, 0.15) is 25.5 Å². The zero-order chi connectivity index (χ0) is 15.6. The van der Waals surface area contributed by atoms with E-state index in [0.717, 1.165) is 0 Å². The van der Waals surface area contributed by atoms with Gasteiger partial charge in [-0.25, -0.2) is 4.79 Å². The summed E-state index contributed by atoms with van der Waals surface area (Å²) in [6, 6.07) is 1.17. The van der Waals surface area contributed by atoms with Crippen molar-refractivity contribution in [2.24, 2.45) is 5.41 Å². The summed E-state index contributed by atoms with van der Waals surface area (Å²) in [4.78, 5) is 51.5. The zero-order valence-corrected chi connectivity index (χ0v) is 11.6. The Kier molecular flexibility index (Phi) is 3.97. The quantitative estimate of drug-likeness (QED) is 0.681. The molecule has 2 heterocycles. The van der Waals surface area contributed by atoms with Gasteiger partial charge in [0.25, 0.3) is 5.56 Å². The van der Waals surface area contributed by atoms with Crippen LogP contribution in [0.25, 0.3) is 0 Å². The molecule has 2 rings (SSSR count). The molecule has 1 aliphatic heterocycles. The maximum absolute atomic E-state index is 12.1. The molecule has 8 nitrogen and oxygen atoms in total. The van der Waals surface area contributed by atoms with E-state index in [-0.39, 0.29) is 18.0 Å². The summed E-state index contributed by atoms with van der Waals surface area (Å²) in [6.07, 6.45) is 0.697. The molecule has 0 spiro atoms. The van der Waals surface area contributed by atoms with Crippen LogP contribution in [0, 0.1) is 5.41 Å². The first-order valence-electron chi connectivity index (χ1n) is 6.64. The van der Waals surface area contributed by atoms with Crippen molar-refractivity contribution in [3.05, 3.63) is 32.6 Å². The SMILES string of the molecule is CC1(C(=O)O)CCN(C(=O)Cc2cc(=O)[nH]c(=O)[nH]2)CC1. The number of hydrogen-bond acceptors (Lipinski definition) is 4. The average Bonchev–Trinajstić information content (AvgIpc) is 2.37. The first kappa shape index (κ1) is 15.0. The minimum absolute atomic E-state index is 0.0804. The van der Waals surface area contributed by atoms with E-state index in [9.17, 15) is 19.2 Å². The Morgan fingerprint density at radius 2 is 1.90 bits per heavy atom. The molecule has 0 saturated carbocycles. The molecule has 21 heavy (non-hydrogen) atoms. The number of H-pyrrole nitrogens is 2. The zero-order valence-electron chi connectivity index (χ0n) is 11.6. The maximum atomic E-state index is 12.1. The number of likely N-dealkylation sites (tertiary alicyclic amines) is 1. The van der Waals surface area contributed by atoms with Gasteiger partial charge in [0.2, 0.25) is 5.91 Å². The Morgan fingerprint density at radius 1 is 1.29 bits per heavy atom. The topological polar surface area (TPSA) is 123 Å². The molecule has 1 fully saturated rings. The molecule has 1 aromatic rings. The Balaban J connectivity index is 2.01. The summed E-state index contributed by atoms with van der Waals surface area (Å²) in [5.41, 5.74) is -1.75. The Hall–Kier alpha value is -2.38. The van der Waals surface area contributed by atoms with Crippen LogP contribution < -0.4 is 11.2 Å². The average molecular weight is 295 g/mol. The minimum atomic E-state index is -0.853. The second-order valence-corrected chi connectivity index (χ2v) is 5.54. The van der Waals surface area contributed by atoms with Gasteiger partial charge in [0.05, 0.1) is 11.8 Å². The summed E-state index contributed by atoms with van der Waals surface area (Å²) >= 11 is 0.